The summed E-state index contributed by atoms with van der Waals surface area (Å²) >= 11 is 0. The molecule has 1 saturated heterocycles. The number of nitrogens with zero attached hydrogens (tertiary/aromatic N) is 1. The molecule has 7 nitrogen and oxygen atoms in total. The maximum atomic E-state index is 11.6. The Morgan fingerprint density at radius 3 is 2.88 bits per heavy atom. The maximum absolute atomic E-state index is 11.6. The van der Waals surface area contributed by atoms with Gasteiger partial charge in [0.25, 0.3) is 5.56 Å². The fourth-order valence-electron chi connectivity index (χ4n) is 1.87. The van der Waals surface area contributed by atoms with E-state index >= 15 is 0 Å². The van der Waals surface area contributed by atoms with Gasteiger partial charge in [-0.15, -0.1) is 0 Å². The molecule has 0 amide bonds. The van der Waals surface area contributed by atoms with E-state index in [1.807, 2.05) is 0 Å². The van der Waals surface area contributed by atoms with E-state index in [-0.39, 0.29) is 13.0 Å². The van der Waals surface area contributed by atoms with Gasteiger partial charge < -0.3 is 14.9 Å². The molecule has 94 valence electrons. The summed E-state index contributed by atoms with van der Waals surface area (Å²) in [5, 5.41) is 18.7. The molecule has 0 aliphatic carbocycles. The van der Waals surface area contributed by atoms with Crippen molar-refractivity contribution >= 4 is 0 Å². The van der Waals surface area contributed by atoms with E-state index in [9.17, 15) is 14.7 Å². The van der Waals surface area contributed by atoms with Crippen LogP contribution in [0.2, 0.25) is 0 Å². The Morgan fingerprint density at radius 1 is 1.59 bits per heavy atom. The third kappa shape index (κ3) is 2.17. The zero-order valence-electron chi connectivity index (χ0n) is 9.29. The summed E-state index contributed by atoms with van der Waals surface area (Å²) in [4.78, 5) is 24.9. The number of hydrogen-bond donors (Lipinski definition) is 3. The summed E-state index contributed by atoms with van der Waals surface area (Å²) in [6.07, 6.45) is -0.639. The molecular formula is C10H14N2O5. The molecule has 1 aliphatic heterocycles. The summed E-state index contributed by atoms with van der Waals surface area (Å²) in [5.41, 5.74) is -0.742. The minimum Gasteiger partial charge on any atom is -0.394 e. The number of rotatable bonds is 2. The quantitative estimate of drug-likeness (QED) is 0.584. The van der Waals surface area contributed by atoms with Crippen LogP contribution in [0.3, 0.4) is 0 Å². The molecule has 1 fully saturated rings. The Labute approximate surface area is 96.3 Å². The van der Waals surface area contributed by atoms with E-state index in [0.29, 0.717) is 5.56 Å². The first-order valence-corrected chi connectivity index (χ1v) is 5.29. The molecule has 0 bridgehead atoms. The highest BCUT2D eigenvalue weighted by atomic mass is 16.5. The topological polar surface area (TPSA) is 105 Å². The Hall–Kier alpha value is -1.44. The van der Waals surface area contributed by atoms with Crippen molar-refractivity contribution in [1.29, 1.82) is 0 Å². The molecule has 2 heterocycles. The predicted octanol–water partition coefficient (Wildman–Crippen LogP) is -1.51. The van der Waals surface area contributed by atoms with Crippen molar-refractivity contribution < 1.29 is 14.9 Å². The van der Waals surface area contributed by atoms with Crippen LogP contribution in [0.25, 0.3) is 0 Å². The predicted molar refractivity (Wildman–Crippen MR) is 57.7 cm³/mol. The van der Waals surface area contributed by atoms with Gasteiger partial charge >= 0.3 is 5.69 Å². The average Bonchev–Trinajstić information content (AvgIpc) is 2.65. The van der Waals surface area contributed by atoms with Crippen LogP contribution in [-0.4, -0.2) is 38.6 Å². The van der Waals surface area contributed by atoms with Gasteiger partial charge in [0.2, 0.25) is 0 Å². The van der Waals surface area contributed by atoms with Crippen LogP contribution in [0.4, 0.5) is 0 Å². The first-order chi connectivity index (χ1) is 8.02. The van der Waals surface area contributed by atoms with Crippen LogP contribution in [0.15, 0.2) is 15.8 Å². The third-order valence-corrected chi connectivity index (χ3v) is 2.79. The van der Waals surface area contributed by atoms with Crippen LogP contribution in [0.5, 0.6) is 0 Å². The second-order valence-corrected chi connectivity index (χ2v) is 4.11. The molecule has 0 spiro atoms. The van der Waals surface area contributed by atoms with Crippen LogP contribution in [0, 0.1) is 6.92 Å². The van der Waals surface area contributed by atoms with E-state index in [4.69, 9.17) is 9.84 Å². The summed E-state index contributed by atoms with van der Waals surface area (Å²) in [5.74, 6) is 0. The first-order valence-electron chi connectivity index (χ1n) is 5.29. The maximum Gasteiger partial charge on any atom is 0.330 e. The van der Waals surface area contributed by atoms with Gasteiger partial charge in [-0.2, -0.15) is 0 Å². The standard InChI is InChI=1S/C10H14N2O5/c1-5-3-12(10(16)11-8(5)15)9-7(14)2-6(4-13)17-9/h3,6-7,9,13-14H,2,4H2,1H3,(H,11,15,16)/t6-,7-,9+/m0/s1. The second-order valence-electron chi connectivity index (χ2n) is 4.11. The molecule has 1 aromatic heterocycles. The number of aromatic amines is 1. The molecule has 0 saturated carbocycles. The molecule has 3 atom stereocenters. The van der Waals surface area contributed by atoms with Crippen molar-refractivity contribution in [2.75, 3.05) is 6.61 Å². The minimum absolute atomic E-state index is 0.218. The first kappa shape index (κ1) is 12.0. The van der Waals surface area contributed by atoms with Crippen molar-refractivity contribution in [1.82, 2.24) is 9.55 Å². The lowest BCUT2D eigenvalue weighted by molar-refractivity contribution is -0.0531. The highest BCUT2D eigenvalue weighted by Gasteiger charge is 2.35. The lowest BCUT2D eigenvalue weighted by Crippen LogP contribution is -2.36. The minimum atomic E-state index is -0.879. The van der Waals surface area contributed by atoms with E-state index < -0.39 is 29.7 Å². The molecule has 1 aliphatic rings. The Kier molecular flexibility index (Phi) is 3.14. The molecule has 0 aromatic carbocycles. The fourth-order valence-corrected chi connectivity index (χ4v) is 1.87. The number of aliphatic hydroxyl groups excluding tert-OH is 2. The molecule has 7 heteroatoms. The Balaban J connectivity index is 2.38. The van der Waals surface area contributed by atoms with Crippen LogP contribution in [0.1, 0.15) is 18.2 Å². The van der Waals surface area contributed by atoms with E-state index in [1.54, 1.807) is 6.92 Å². The van der Waals surface area contributed by atoms with Gasteiger partial charge in [-0.1, -0.05) is 0 Å². The van der Waals surface area contributed by atoms with E-state index in [0.717, 1.165) is 4.57 Å². The third-order valence-electron chi connectivity index (χ3n) is 2.79. The number of nitrogens with one attached hydrogen (secondary N) is 1. The number of aryl methyl sites for hydroxylation is 1. The molecule has 1 aromatic rings. The van der Waals surface area contributed by atoms with Crippen molar-refractivity contribution in [3.63, 3.8) is 0 Å². The van der Waals surface area contributed by atoms with Crippen molar-refractivity contribution in [3.05, 3.63) is 32.6 Å². The Morgan fingerprint density at radius 2 is 2.29 bits per heavy atom. The molecule has 2 rings (SSSR count). The van der Waals surface area contributed by atoms with Crippen LogP contribution in [-0.2, 0) is 4.74 Å². The van der Waals surface area contributed by atoms with E-state index in [1.165, 1.54) is 6.20 Å². The van der Waals surface area contributed by atoms with E-state index in [2.05, 4.69) is 4.98 Å². The summed E-state index contributed by atoms with van der Waals surface area (Å²) < 4.78 is 6.46. The highest BCUT2D eigenvalue weighted by Crippen LogP contribution is 2.27. The smallest absolute Gasteiger partial charge is 0.330 e. The largest absolute Gasteiger partial charge is 0.394 e. The van der Waals surface area contributed by atoms with Crippen molar-refractivity contribution in [3.8, 4) is 0 Å². The SMILES string of the molecule is Cc1cn([C@@H]2O[C@H](CO)C[C@@H]2O)c(=O)[nH]c1=O. The molecule has 17 heavy (non-hydrogen) atoms. The number of hydrogen-bond acceptors (Lipinski definition) is 5. The number of H-pyrrole nitrogens is 1. The van der Waals surface area contributed by atoms with Gasteiger partial charge in [0.05, 0.1) is 12.7 Å². The van der Waals surface area contributed by atoms with Crippen molar-refractivity contribution in [2.45, 2.75) is 31.8 Å². The Bertz CT molecular complexity index is 520. The van der Waals surface area contributed by atoms with Gasteiger partial charge in [-0.25, -0.2) is 4.79 Å². The summed E-state index contributed by atoms with van der Waals surface area (Å²) in [6.45, 7) is 1.34. The number of aliphatic hydroxyl groups is 2. The van der Waals surface area contributed by atoms with Gasteiger partial charge in [0, 0.05) is 18.2 Å². The molecular weight excluding hydrogens is 228 g/mol. The molecule has 0 radical (unpaired) electrons. The second kappa shape index (κ2) is 4.44. The lowest BCUT2D eigenvalue weighted by atomic mass is 10.2. The lowest BCUT2D eigenvalue weighted by Gasteiger charge is -2.17. The molecule has 3 N–H and O–H groups in total. The van der Waals surface area contributed by atoms with Gasteiger partial charge in [0.1, 0.15) is 6.10 Å². The normalized spacial score (nSPS) is 28.5. The zero-order chi connectivity index (χ0) is 12.6. The summed E-state index contributed by atoms with van der Waals surface area (Å²) in [7, 11) is 0. The van der Waals surface area contributed by atoms with Gasteiger partial charge in [0.15, 0.2) is 6.23 Å². The van der Waals surface area contributed by atoms with Gasteiger partial charge in [-0.3, -0.25) is 14.3 Å². The highest BCUT2D eigenvalue weighted by molar-refractivity contribution is 5.02. The molecule has 0 unspecified atom stereocenters. The van der Waals surface area contributed by atoms with Crippen LogP contribution < -0.4 is 11.2 Å². The fraction of sp³-hybridized carbons (Fsp3) is 0.600. The monoisotopic (exact) mass is 242 g/mol. The van der Waals surface area contributed by atoms with Gasteiger partial charge in [-0.05, 0) is 6.92 Å². The number of ether oxygens (including phenoxy) is 1. The average molecular weight is 242 g/mol. The van der Waals surface area contributed by atoms with Crippen molar-refractivity contribution in [2.24, 2.45) is 0 Å². The van der Waals surface area contributed by atoms with Crippen LogP contribution >= 0.6 is 0 Å². The summed E-state index contributed by atoms with van der Waals surface area (Å²) in [6, 6.07) is 0. The number of aromatic nitrogens is 2. The zero-order valence-corrected chi connectivity index (χ0v) is 9.29.